The third-order valence-corrected chi connectivity index (χ3v) is 3.31. The topological polar surface area (TPSA) is 65.4 Å². The van der Waals surface area contributed by atoms with E-state index in [2.05, 4.69) is 11.4 Å². The fourth-order valence-corrected chi connectivity index (χ4v) is 2.20. The van der Waals surface area contributed by atoms with E-state index >= 15 is 0 Å². The van der Waals surface area contributed by atoms with Crippen molar-refractivity contribution in [2.45, 2.75) is 19.1 Å². The number of benzene rings is 1. The molecular formula is C15H19N3O2. The SMILES string of the molecule is CN(Cc1cccc(C#N)c1)C(=O)CC1CNCCO1. The molecule has 106 valence electrons. The number of nitriles is 1. The number of nitrogens with zero attached hydrogens (tertiary/aromatic N) is 2. The van der Waals surface area contributed by atoms with Crippen LogP contribution in [-0.2, 0) is 16.1 Å². The van der Waals surface area contributed by atoms with Gasteiger partial charge in [0.25, 0.3) is 0 Å². The Morgan fingerprint density at radius 1 is 1.60 bits per heavy atom. The molecule has 1 atom stereocenters. The van der Waals surface area contributed by atoms with Crippen molar-refractivity contribution in [1.29, 1.82) is 5.26 Å². The lowest BCUT2D eigenvalue weighted by molar-refractivity contribution is -0.133. The van der Waals surface area contributed by atoms with E-state index in [1.165, 1.54) is 0 Å². The molecule has 1 saturated heterocycles. The molecule has 2 rings (SSSR count). The van der Waals surface area contributed by atoms with E-state index in [9.17, 15) is 4.79 Å². The summed E-state index contributed by atoms with van der Waals surface area (Å²) in [5, 5.41) is 12.1. The predicted molar refractivity (Wildman–Crippen MR) is 74.9 cm³/mol. The molecule has 5 nitrogen and oxygen atoms in total. The zero-order chi connectivity index (χ0) is 14.4. The number of hydrogen-bond donors (Lipinski definition) is 1. The highest BCUT2D eigenvalue weighted by Crippen LogP contribution is 2.09. The summed E-state index contributed by atoms with van der Waals surface area (Å²) in [6.45, 7) is 2.74. The van der Waals surface area contributed by atoms with Crippen molar-refractivity contribution in [2.75, 3.05) is 26.7 Å². The minimum Gasteiger partial charge on any atom is -0.375 e. The van der Waals surface area contributed by atoms with Crippen molar-refractivity contribution in [1.82, 2.24) is 10.2 Å². The number of rotatable bonds is 4. The van der Waals surface area contributed by atoms with Crippen molar-refractivity contribution in [3.63, 3.8) is 0 Å². The number of ether oxygens (including phenoxy) is 1. The lowest BCUT2D eigenvalue weighted by Gasteiger charge is -2.25. The maximum Gasteiger partial charge on any atom is 0.225 e. The summed E-state index contributed by atoms with van der Waals surface area (Å²) >= 11 is 0. The molecule has 0 aromatic heterocycles. The van der Waals surface area contributed by atoms with E-state index in [1.807, 2.05) is 18.2 Å². The van der Waals surface area contributed by atoms with Crippen molar-refractivity contribution in [3.8, 4) is 6.07 Å². The van der Waals surface area contributed by atoms with Crippen molar-refractivity contribution in [3.05, 3.63) is 35.4 Å². The monoisotopic (exact) mass is 273 g/mol. The smallest absolute Gasteiger partial charge is 0.225 e. The van der Waals surface area contributed by atoms with E-state index in [0.717, 1.165) is 18.7 Å². The number of carbonyl (C=O) groups is 1. The van der Waals surface area contributed by atoms with Gasteiger partial charge in [0, 0.05) is 26.7 Å². The van der Waals surface area contributed by atoms with Crippen LogP contribution in [0.3, 0.4) is 0 Å². The Morgan fingerprint density at radius 2 is 2.45 bits per heavy atom. The molecule has 0 saturated carbocycles. The Morgan fingerprint density at radius 3 is 3.15 bits per heavy atom. The van der Waals surface area contributed by atoms with E-state index in [1.54, 1.807) is 18.0 Å². The molecule has 1 aliphatic rings. The van der Waals surface area contributed by atoms with Gasteiger partial charge in [0.2, 0.25) is 5.91 Å². The van der Waals surface area contributed by atoms with E-state index in [0.29, 0.717) is 25.1 Å². The lowest BCUT2D eigenvalue weighted by Crippen LogP contribution is -2.41. The maximum atomic E-state index is 12.1. The average molecular weight is 273 g/mol. The summed E-state index contributed by atoms with van der Waals surface area (Å²) < 4.78 is 5.53. The Labute approximate surface area is 119 Å². The molecule has 5 heteroatoms. The number of amides is 1. The Bertz CT molecular complexity index is 504. The molecule has 1 N–H and O–H groups in total. The van der Waals surface area contributed by atoms with Crippen LogP contribution in [0.15, 0.2) is 24.3 Å². The van der Waals surface area contributed by atoms with Crippen molar-refractivity contribution >= 4 is 5.91 Å². The molecule has 1 amide bonds. The van der Waals surface area contributed by atoms with Gasteiger partial charge in [-0.15, -0.1) is 0 Å². The largest absolute Gasteiger partial charge is 0.375 e. The van der Waals surface area contributed by atoms with Crippen LogP contribution in [0.5, 0.6) is 0 Å². The number of carbonyl (C=O) groups excluding carboxylic acids is 1. The zero-order valence-electron chi connectivity index (χ0n) is 11.6. The van der Waals surface area contributed by atoms with E-state index < -0.39 is 0 Å². The van der Waals surface area contributed by atoms with Gasteiger partial charge in [-0.25, -0.2) is 0 Å². The molecule has 1 fully saturated rings. The highest BCUT2D eigenvalue weighted by Gasteiger charge is 2.19. The maximum absolute atomic E-state index is 12.1. The molecule has 0 spiro atoms. The average Bonchev–Trinajstić information content (AvgIpc) is 2.48. The first-order chi connectivity index (χ1) is 9.69. The first-order valence-corrected chi connectivity index (χ1v) is 6.74. The van der Waals surface area contributed by atoms with Crippen LogP contribution < -0.4 is 5.32 Å². The summed E-state index contributed by atoms with van der Waals surface area (Å²) in [5.41, 5.74) is 1.57. The molecule has 0 aliphatic carbocycles. The summed E-state index contributed by atoms with van der Waals surface area (Å²) in [5.74, 6) is 0.0565. The molecule has 1 aromatic rings. The van der Waals surface area contributed by atoms with Gasteiger partial charge in [-0.05, 0) is 17.7 Å². The summed E-state index contributed by atoms with van der Waals surface area (Å²) in [6, 6.07) is 9.42. The summed E-state index contributed by atoms with van der Waals surface area (Å²) in [4.78, 5) is 13.8. The van der Waals surface area contributed by atoms with Crippen LogP contribution in [-0.4, -0.2) is 43.7 Å². The van der Waals surface area contributed by atoms with Crippen LogP contribution in [0.4, 0.5) is 0 Å². The van der Waals surface area contributed by atoms with Crippen LogP contribution >= 0.6 is 0 Å². The summed E-state index contributed by atoms with van der Waals surface area (Å²) in [7, 11) is 1.78. The van der Waals surface area contributed by atoms with E-state index in [-0.39, 0.29) is 12.0 Å². The normalized spacial score (nSPS) is 18.3. The minimum atomic E-state index is -0.0378. The molecular weight excluding hydrogens is 254 g/mol. The van der Waals surface area contributed by atoms with Gasteiger partial charge >= 0.3 is 0 Å². The predicted octanol–water partition coefficient (Wildman–Crippen LogP) is 0.895. The second-order valence-electron chi connectivity index (χ2n) is 4.96. The molecule has 0 radical (unpaired) electrons. The highest BCUT2D eigenvalue weighted by molar-refractivity contribution is 5.76. The number of hydrogen-bond acceptors (Lipinski definition) is 4. The number of nitrogens with one attached hydrogen (secondary N) is 1. The molecule has 20 heavy (non-hydrogen) atoms. The second-order valence-corrected chi connectivity index (χ2v) is 4.96. The third kappa shape index (κ3) is 4.05. The van der Waals surface area contributed by atoms with Crippen molar-refractivity contribution in [2.24, 2.45) is 0 Å². The zero-order valence-corrected chi connectivity index (χ0v) is 11.6. The fraction of sp³-hybridized carbons (Fsp3) is 0.467. The molecule has 1 aromatic carbocycles. The van der Waals surface area contributed by atoms with Gasteiger partial charge in [0.05, 0.1) is 30.8 Å². The molecule has 1 heterocycles. The number of morpholine rings is 1. The second kappa shape index (κ2) is 7.04. The lowest BCUT2D eigenvalue weighted by atomic mass is 10.1. The first-order valence-electron chi connectivity index (χ1n) is 6.74. The van der Waals surface area contributed by atoms with Gasteiger partial charge in [-0.2, -0.15) is 5.26 Å². The van der Waals surface area contributed by atoms with Gasteiger partial charge in [0.1, 0.15) is 0 Å². The van der Waals surface area contributed by atoms with Gasteiger partial charge < -0.3 is 15.0 Å². The minimum absolute atomic E-state index is 0.0378. The first kappa shape index (κ1) is 14.5. The fourth-order valence-electron chi connectivity index (χ4n) is 2.20. The molecule has 1 aliphatic heterocycles. The van der Waals surface area contributed by atoms with Crippen LogP contribution in [0.1, 0.15) is 17.5 Å². The highest BCUT2D eigenvalue weighted by atomic mass is 16.5. The van der Waals surface area contributed by atoms with Gasteiger partial charge in [0.15, 0.2) is 0 Å². The van der Waals surface area contributed by atoms with Gasteiger partial charge in [-0.3, -0.25) is 4.79 Å². The Kier molecular flexibility index (Phi) is 5.10. The van der Waals surface area contributed by atoms with Crippen LogP contribution in [0.2, 0.25) is 0 Å². The Hall–Kier alpha value is -1.90. The molecule has 1 unspecified atom stereocenters. The standard InChI is InChI=1S/C15H19N3O2/c1-18(11-13-4-2-3-12(7-13)9-16)15(19)8-14-10-17-5-6-20-14/h2-4,7,14,17H,5-6,8,10-11H2,1H3. The van der Waals surface area contributed by atoms with Gasteiger partial charge in [-0.1, -0.05) is 12.1 Å². The quantitative estimate of drug-likeness (QED) is 0.885. The van der Waals surface area contributed by atoms with Crippen molar-refractivity contribution < 1.29 is 9.53 Å². The summed E-state index contributed by atoms with van der Waals surface area (Å²) in [6.07, 6.45) is 0.352. The van der Waals surface area contributed by atoms with Crippen LogP contribution in [0, 0.1) is 11.3 Å². The van der Waals surface area contributed by atoms with Crippen LogP contribution in [0.25, 0.3) is 0 Å². The Balaban J connectivity index is 1.88. The third-order valence-electron chi connectivity index (χ3n) is 3.31. The molecule has 0 bridgehead atoms. The van der Waals surface area contributed by atoms with E-state index in [4.69, 9.17) is 10.00 Å².